The van der Waals surface area contributed by atoms with E-state index in [1.54, 1.807) is 0 Å². The van der Waals surface area contributed by atoms with Crippen LogP contribution < -0.4 is 5.73 Å². The maximum atomic E-state index is 6.43. The van der Waals surface area contributed by atoms with Gasteiger partial charge < -0.3 is 10.6 Å². The molecule has 4 rings (SSSR count). The number of fused-ring (bicyclic) bond motifs is 5. The van der Waals surface area contributed by atoms with E-state index in [0.717, 1.165) is 35.6 Å². The fourth-order valence-electron chi connectivity index (χ4n) is 8.61. The zero-order chi connectivity index (χ0) is 18.0. The van der Waals surface area contributed by atoms with Crippen LogP contribution in [0.2, 0.25) is 0 Å². The highest BCUT2D eigenvalue weighted by Gasteiger charge is 2.60. The maximum absolute atomic E-state index is 6.43. The van der Waals surface area contributed by atoms with Crippen LogP contribution in [0.15, 0.2) is 0 Å². The standard InChI is InChI=1S/C23H42N2/c1-15(24)19-8-9-20-18-7-6-16-14-17(25(4)5)10-12-22(16,2)21(18)11-13-23(19,20)3/h15-21H,6-14,24H2,1-5H3. The SMILES string of the molecule is CC(N)C1CCC2C3CCC4CC(N(C)C)CCC4(C)C3CCC12C. The lowest BCUT2D eigenvalue weighted by molar-refractivity contribution is -0.120. The Kier molecular flexibility index (Phi) is 4.56. The second-order valence-corrected chi connectivity index (χ2v) is 11.1. The van der Waals surface area contributed by atoms with Crippen LogP contribution in [0.1, 0.15) is 78.6 Å². The van der Waals surface area contributed by atoms with E-state index < -0.39 is 0 Å². The Morgan fingerprint density at radius 1 is 0.880 bits per heavy atom. The Bertz CT molecular complexity index is 500. The van der Waals surface area contributed by atoms with Crippen molar-refractivity contribution in [2.24, 2.45) is 46.2 Å². The molecule has 0 saturated heterocycles. The number of nitrogens with zero attached hydrogens (tertiary/aromatic N) is 1. The van der Waals surface area contributed by atoms with Crippen molar-refractivity contribution in [3.8, 4) is 0 Å². The molecule has 4 aliphatic carbocycles. The third-order valence-electron chi connectivity index (χ3n) is 10.1. The lowest BCUT2D eigenvalue weighted by Gasteiger charge is -2.61. The summed E-state index contributed by atoms with van der Waals surface area (Å²) in [4.78, 5) is 2.49. The highest BCUT2D eigenvalue weighted by atomic mass is 15.1. The molecule has 144 valence electrons. The topological polar surface area (TPSA) is 29.3 Å². The molecule has 2 heteroatoms. The van der Waals surface area contributed by atoms with E-state index in [0.29, 0.717) is 16.9 Å². The van der Waals surface area contributed by atoms with Crippen molar-refractivity contribution in [2.75, 3.05) is 14.1 Å². The summed E-state index contributed by atoms with van der Waals surface area (Å²) in [6, 6.07) is 1.21. The molecule has 9 unspecified atom stereocenters. The van der Waals surface area contributed by atoms with Crippen molar-refractivity contribution in [2.45, 2.75) is 90.6 Å². The molecule has 0 amide bonds. The summed E-state index contributed by atoms with van der Waals surface area (Å²) in [5.41, 5.74) is 7.60. The average molecular weight is 347 g/mol. The van der Waals surface area contributed by atoms with Gasteiger partial charge in [0, 0.05) is 12.1 Å². The minimum Gasteiger partial charge on any atom is -0.328 e. The molecular weight excluding hydrogens is 304 g/mol. The van der Waals surface area contributed by atoms with Crippen molar-refractivity contribution in [1.29, 1.82) is 0 Å². The van der Waals surface area contributed by atoms with Gasteiger partial charge in [0.25, 0.3) is 0 Å². The van der Waals surface area contributed by atoms with Crippen molar-refractivity contribution in [1.82, 2.24) is 4.90 Å². The first-order valence-electron chi connectivity index (χ1n) is 11.2. The first kappa shape index (κ1) is 18.3. The summed E-state index contributed by atoms with van der Waals surface area (Å²) >= 11 is 0. The van der Waals surface area contributed by atoms with Gasteiger partial charge in [-0.15, -0.1) is 0 Å². The van der Waals surface area contributed by atoms with Crippen LogP contribution in [0.4, 0.5) is 0 Å². The molecule has 4 saturated carbocycles. The summed E-state index contributed by atoms with van der Waals surface area (Å²) in [6.07, 6.45) is 13.2. The first-order chi connectivity index (χ1) is 11.8. The molecule has 0 bridgehead atoms. The van der Waals surface area contributed by atoms with Gasteiger partial charge in [-0.05, 0) is 119 Å². The van der Waals surface area contributed by atoms with Gasteiger partial charge in [0.15, 0.2) is 0 Å². The van der Waals surface area contributed by atoms with Crippen LogP contribution in [-0.4, -0.2) is 31.1 Å². The molecule has 0 heterocycles. The summed E-state index contributed by atoms with van der Waals surface area (Å²) in [5.74, 6) is 4.71. The Hall–Kier alpha value is -0.0800. The normalized spacial score (nSPS) is 53.9. The number of nitrogens with two attached hydrogens (primary N) is 1. The Morgan fingerprint density at radius 2 is 1.56 bits per heavy atom. The molecule has 4 fully saturated rings. The molecule has 2 nitrogen and oxygen atoms in total. The number of hydrogen-bond donors (Lipinski definition) is 1. The largest absolute Gasteiger partial charge is 0.328 e. The Morgan fingerprint density at radius 3 is 2.24 bits per heavy atom. The zero-order valence-corrected chi connectivity index (χ0v) is 17.4. The molecule has 0 aliphatic heterocycles. The van der Waals surface area contributed by atoms with Gasteiger partial charge in [0.05, 0.1) is 0 Å². The van der Waals surface area contributed by atoms with Gasteiger partial charge in [0.1, 0.15) is 0 Å². The smallest absolute Gasteiger partial charge is 0.00922 e. The minimum absolute atomic E-state index is 0.383. The van der Waals surface area contributed by atoms with Gasteiger partial charge >= 0.3 is 0 Å². The summed E-state index contributed by atoms with van der Waals surface area (Å²) in [5, 5.41) is 0. The highest BCUT2D eigenvalue weighted by molar-refractivity contribution is 5.10. The van der Waals surface area contributed by atoms with Gasteiger partial charge in [-0.1, -0.05) is 13.8 Å². The number of rotatable bonds is 2. The third kappa shape index (κ3) is 2.64. The highest BCUT2D eigenvalue weighted by Crippen LogP contribution is 2.67. The van der Waals surface area contributed by atoms with E-state index in [2.05, 4.69) is 39.8 Å². The van der Waals surface area contributed by atoms with Crippen LogP contribution >= 0.6 is 0 Å². The molecule has 0 aromatic heterocycles. The van der Waals surface area contributed by atoms with E-state index >= 15 is 0 Å². The number of hydrogen-bond acceptors (Lipinski definition) is 2. The molecule has 25 heavy (non-hydrogen) atoms. The van der Waals surface area contributed by atoms with Crippen LogP contribution in [0.5, 0.6) is 0 Å². The molecule has 2 N–H and O–H groups in total. The van der Waals surface area contributed by atoms with E-state index in [1.165, 1.54) is 57.8 Å². The second kappa shape index (κ2) is 6.23. The van der Waals surface area contributed by atoms with Crippen molar-refractivity contribution >= 4 is 0 Å². The van der Waals surface area contributed by atoms with E-state index in [-0.39, 0.29) is 0 Å². The zero-order valence-electron chi connectivity index (χ0n) is 17.4. The lowest BCUT2D eigenvalue weighted by Crippen LogP contribution is -2.55. The molecule has 0 radical (unpaired) electrons. The van der Waals surface area contributed by atoms with Gasteiger partial charge in [0.2, 0.25) is 0 Å². The fourth-order valence-corrected chi connectivity index (χ4v) is 8.61. The van der Waals surface area contributed by atoms with E-state index in [4.69, 9.17) is 5.73 Å². The fraction of sp³-hybridized carbons (Fsp3) is 1.00. The average Bonchev–Trinajstić information content (AvgIpc) is 2.91. The van der Waals surface area contributed by atoms with Gasteiger partial charge in [-0.3, -0.25) is 0 Å². The molecule has 0 spiro atoms. The second-order valence-electron chi connectivity index (χ2n) is 11.1. The summed E-state index contributed by atoms with van der Waals surface area (Å²) in [6.45, 7) is 7.58. The van der Waals surface area contributed by atoms with Crippen molar-refractivity contribution in [3.05, 3.63) is 0 Å². The predicted molar refractivity (Wildman–Crippen MR) is 106 cm³/mol. The van der Waals surface area contributed by atoms with Gasteiger partial charge in [-0.2, -0.15) is 0 Å². The Labute approximate surface area is 156 Å². The van der Waals surface area contributed by atoms with Gasteiger partial charge in [-0.25, -0.2) is 0 Å². The molecule has 9 atom stereocenters. The molecule has 0 aromatic rings. The van der Waals surface area contributed by atoms with Crippen LogP contribution in [0.3, 0.4) is 0 Å². The van der Waals surface area contributed by atoms with E-state index in [1.807, 2.05) is 0 Å². The predicted octanol–water partition coefficient (Wildman–Crippen LogP) is 4.92. The first-order valence-corrected chi connectivity index (χ1v) is 11.2. The molecule has 4 aliphatic rings. The Balaban J connectivity index is 1.56. The molecule has 0 aromatic carbocycles. The summed E-state index contributed by atoms with van der Waals surface area (Å²) < 4.78 is 0. The van der Waals surface area contributed by atoms with E-state index in [9.17, 15) is 0 Å². The maximum Gasteiger partial charge on any atom is 0.00922 e. The van der Waals surface area contributed by atoms with Crippen LogP contribution in [0, 0.1) is 40.4 Å². The van der Waals surface area contributed by atoms with Crippen LogP contribution in [0.25, 0.3) is 0 Å². The quantitative estimate of drug-likeness (QED) is 0.768. The summed E-state index contributed by atoms with van der Waals surface area (Å²) in [7, 11) is 4.58. The minimum atomic E-state index is 0.383. The lowest BCUT2D eigenvalue weighted by atomic mass is 9.44. The molecular formula is C23H42N2. The van der Waals surface area contributed by atoms with Crippen molar-refractivity contribution in [3.63, 3.8) is 0 Å². The van der Waals surface area contributed by atoms with Crippen molar-refractivity contribution < 1.29 is 0 Å². The van der Waals surface area contributed by atoms with Crippen LogP contribution in [-0.2, 0) is 0 Å². The third-order valence-corrected chi connectivity index (χ3v) is 10.1. The monoisotopic (exact) mass is 346 g/mol.